The number of carboxylic acid groups (broad SMARTS) is 1. The maximum Gasteiger partial charge on any atom is 0.316 e. The van der Waals surface area contributed by atoms with Crippen molar-refractivity contribution in [2.75, 3.05) is 0 Å². The molecule has 0 aliphatic heterocycles. The molecule has 1 unspecified atom stereocenters. The van der Waals surface area contributed by atoms with E-state index in [1.807, 2.05) is 6.07 Å². The fourth-order valence-electron chi connectivity index (χ4n) is 1.16. The lowest BCUT2D eigenvalue weighted by atomic mass is 9.99. The zero-order valence-corrected chi connectivity index (χ0v) is 7.51. The van der Waals surface area contributed by atoms with Crippen LogP contribution in [0.5, 0.6) is 0 Å². The van der Waals surface area contributed by atoms with Crippen LogP contribution >= 0.6 is 0 Å². The summed E-state index contributed by atoms with van der Waals surface area (Å²) in [6.07, 6.45) is 0.144. The van der Waals surface area contributed by atoms with E-state index in [0.29, 0.717) is 0 Å². The Labute approximate surface area is 81.3 Å². The number of carboxylic acids is 1. The van der Waals surface area contributed by atoms with Gasteiger partial charge in [0.25, 0.3) is 0 Å². The lowest BCUT2D eigenvalue weighted by molar-refractivity contribution is -0.145. The fourth-order valence-corrected chi connectivity index (χ4v) is 1.16. The van der Waals surface area contributed by atoms with E-state index in [0.717, 1.165) is 5.56 Å². The second-order valence-electron chi connectivity index (χ2n) is 2.98. The summed E-state index contributed by atoms with van der Waals surface area (Å²) in [4.78, 5) is 21.4. The zero-order valence-electron chi connectivity index (χ0n) is 7.51. The van der Waals surface area contributed by atoms with E-state index in [2.05, 4.69) is 0 Å². The molecule has 0 saturated heterocycles. The van der Waals surface area contributed by atoms with Gasteiger partial charge in [-0.15, -0.1) is 0 Å². The molecule has 1 rings (SSSR count). The Morgan fingerprint density at radius 1 is 1.29 bits per heavy atom. The lowest BCUT2D eigenvalue weighted by Gasteiger charge is -2.07. The molecule has 1 amide bonds. The molecule has 0 aliphatic rings. The van der Waals surface area contributed by atoms with Crippen molar-refractivity contribution in [2.24, 2.45) is 11.7 Å². The Bertz CT molecular complexity index is 320. The average molecular weight is 193 g/mol. The molecule has 0 heterocycles. The SMILES string of the molecule is NC(=O)C(Cc1ccccc1)C(=O)O. The second kappa shape index (κ2) is 4.41. The van der Waals surface area contributed by atoms with Crippen molar-refractivity contribution < 1.29 is 14.7 Å². The van der Waals surface area contributed by atoms with Gasteiger partial charge in [-0.2, -0.15) is 0 Å². The Morgan fingerprint density at radius 2 is 1.86 bits per heavy atom. The normalized spacial score (nSPS) is 12.0. The van der Waals surface area contributed by atoms with E-state index in [1.54, 1.807) is 24.3 Å². The first-order chi connectivity index (χ1) is 6.61. The summed E-state index contributed by atoms with van der Waals surface area (Å²) in [5.41, 5.74) is 5.76. The van der Waals surface area contributed by atoms with Crippen molar-refractivity contribution in [2.45, 2.75) is 6.42 Å². The Kier molecular flexibility index (Phi) is 3.23. The minimum absolute atomic E-state index is 0.144. The molecular weight excluding hydrogens is 182 g/mol. The van der Waals surface area contributed by atoms with Crippen molar-refractivity contribution in [3.05, 3.63) is 35.9 Å². The fraction of sp³-hybridized carbons (Fsp3) is 0.200. The zero-order chi connectivity index (χ0) is 10.6. The van der Waals surface area contributed by atoms with Crippen molar-refractivity contribution in [1.29, 1.82) is 0 Å². The summed E-state index contributed by atoms with van der Waals surface area (Å²) in [7, 11) is 0. The summed E-state index contributed by atoms with van der Waals surface area (Å²) in [5, 5.41) is 8.70. The van der Waals surface area contributed by atoms with Crippen LogP contribution in [-0.2, 0) is 16.0 Å². The third-order valence-electron chi connectivity index (χ3n) is 1.92. The van der Waals surface area contributed by atoms with Crippen LogP contribution in [0.2, 0.25) is 0 Å². The minimum atomic E-state index is -1.18. The highest BCUT2D eigenvalue weighted by Crippen LogP contribution is 2.08. The van der Waals surface area contributed by atoms with Gasteiger partial charge in [-0.05, 0) is 12.0 Å². The van der Waals surface area contributed by atoms with Crippen LogP contribution in [0, 0.1) is 5.92 Å². The van der Waals surface area contributed by atoms with E-state index < -0.39 is 17.8 Å². The lowest BCUT2D eigenvalue weighted by Crippen LogP contribution is -2.31. The molecule has 1 atom stereocenters. The number of carbonyl (C=O) groups is 2. The number of hydrogen-bond donors (Lipinski definition) is 2. The number of rotatable bonds is 4. The van der Waals surface area contributed by atoms with E-state index >= 15 is 0 Å². The number of carbonyl (C=O) groups excluding carboxylic acids is 1. The maximum absolute atomic E-state index is 10.8. The van der Waals surface area contributed by atoms with Crippen LogP contribution < -0.4 is 5.73 Å². The molecule has 0 fully saturated rings. The molecule has 0 radical (unpaired) electrons. The Balaban J connectivity index is 2.75. The topological polar surface area (TPSA) is 80.4 Å². The van der Waals surface area contributed by atoms with Gasteiger partial charge in [-0.25, -0.2) is 0 Å². The highest BCUT2D eigenvalue weighted by molar-refractivity contribution is 5.96. The smallest absolute Gasteiger partial charge is 0.316 e. The van der Waals surface area contributed by atoms with E-state index in [-0.39, 0.29) is 6.42 Å². The van der Waals surface area contributed by atoms with Gasteiger partial charge in [-0.3, -0.25) is 9.59 Å². The Morgan fingerprint density at radius 3 is 2.29 bits per heavy atom. The van der Waals surface area contributed by atoms with Gasteiger partial charge in [0.1, 0.15) is 5.92 Å². The summed E-state index contributed by atoms with van der Waals surface area (Å²) in [6, 6.07) is 8.92. The standard InChI is InChI=1S/C10H11NO3/c11-9(12)8(10(13)14)6-7-4-2-1-3-5-7/h1-5,8H,6H2,(H2,11,12)(H,13,14). The molecule has 4 nitrogen and oxygen atoms in total. The first-order valence-electron chi connectivity index (χ1n) is 4.17. The van der Waals surface area contributed by atoms with Crippen LogP contribution in [0.3, 0.4) is 0 Å². The highest BCUT2D eigenvalue weighted by Gasteiger charge is 2.23. The molecular formula is C10H11NO3. The van der Waals surface area contributed by atoms with Gasteiger partial charge in [0.15, 0.2) is 0 Å². The molecule has 1 aromatic rings. The predicted octanol–water partition coefficient (Wildman–Crippen LogP) is 0.415. The largest absolute Gasteiger partial charge is 0.481 e. The molecule has 74 valence electrons. The second-order valence-corrected chi connectivity index (χ2v) is 2.98. The van der Waals surface area contributed by atoms with Crippen molar-refractivity contribution in [3.63, 3.8) is 0 Å². The molecule has 14 heavy (non-hydrogen) atoms. The van der Waals surface area contributed by atoms with E-state index in [4.69, 9.17) is 10.8 Å². The average Bonchev–Trinajstić information content (AvgIpc) is 2.15. The number of amides is 1. The maximum atomic E-state index is 10.8. The van der Waals surface area contributed by atoms with Gasteiger partial charge in [-0.1, -0.05) is 30.3 Å². The number of benzene rings is 1. The quantitative estimate of drug-likeness (QED) is 0.680. The third kappa shape index (κ3) is 2.58. The molecule has 4 heteroatoms. The van der Waals surface area contributed by atoms with Gasteiger partial charge in [0.2, 0.25) is 5.91 Å². The molecule has 0 aromatic heterocycles. The summed E-state index contributed by atoms with van der Waals surface area (Å²) >= 11 is 0. The summed E-state index contributed by atoms with van der Waals surface area (Å²) in [6.45, 7) is 0. The van der Waals surface area contributed by atoms with Crippen LogP contribution in [-0.4, -0.2) is 17.0 Å². The van der Waals surface area contributed by atoms with Gasteiger partial charge >= 0.3 is 5.97 Å². The summed E-state index contributed by atoms with van der Waals surface area (Å²) < 4.78 is 0. The number of nitrogens with two attached hydrogens (primary N) is 1. The van der Waals surface area contributed by atoms with Crippen LogP contribution in [0.1, 0.15) is 5.56 Å². The van der Waals surface area contributed by atoms with Crippen molar-refractivity contribution in [3.8, 4) is 0 Å². The first-order valence-corrected chi connectivity index (χ1v) is 4.17. The van der Waals surface area contributed by atoms with Gasteiger partial charge < -0.3 is 10.8 Å². The third-order valence-corrected chi connectivity index (χ3v) is 1.92. The van der Waals surface area contributed by atoms with Crippen LogP contribution in [0.4, 0.5) is 0 Å². The monoisotopic (exact) mass is 193 g/mol. The molecule has 0 saturated carbocycles. The predicted molar refractivity (Wildman–Crippen MR) is 50.5 cm³/mol. The molecule has 3 N–H and O–H groups in total. The number of aliphatic carboxylic acids is 1. The van der Waals surface area contributed by atoms with Gasteiger partial charge in [0, 0.05) is 0 Å². The van der Waals surface area contributed by atoms with Crippen LogP contribution in [0.25, 0.3) is 0 Å². The van der Waals surface area contributed by atoms with E-state index in [1.165, 1.54) is 0 Å². The van der Waals surface area contributed by atoms with Gasteiger partial charge in [0.05, 0.1) is 0 Å². The number of hydrogen-bond acceptors (Lipinski definition) is 2. The molecule has 1 aromatic carbocycles. The molecule has 0 spiro atoms. The number of primary amides is 1. The highest BCUT2D eigenvalue weighted by atomic mass is 16.4. The van der Waals surface area contributed by atoms with E-state index in [9.17, 15) is 9.59 Å². The minimum Gasteiger partial charge on any atom is -0.481 e. The molecule has 0 aliphatic carbocycles. The first kappa shape index (κ1) is 10.2. The summed E-state index contributed by atoms with van der Waals surface area (Å²) in [5.74, 6) is -3.12. The van der Waals surface area contributed by atoms with Crippen LogP contribution in [0.15, 0.2) is 30.3 Å². The molecule has 0 bridgehead atoms. The van der Waals surface area contributed by atoms with Crippen molar-refractivity contribution >= 4 is 11.9 Å². The Hall–Kier alpha value is -1.84. The van der Waals surface area contributed by atoms with Crippen molar-refractivity contribution in [1.82, 2.24) is 0 Å².